The first-order valence-corrected chi connectivity index (χ1v) is 23.2. The second kappa shape index (κ2) is 33.5. The van der Waals surface area contributed by atoms with Crippen LogP contribution in [0.4, 0.5) is 0 Å². The summed E-state index contributed by atoms with van der Waals surface area (Å²) in [5.74, 6) is 0. The molecule has 8 nitrogen and oxygen atoms in total. The maximum Gasteiger partial charge on any atom is 0.261 e. The Kier molecular flexibility index (Phi) is 30.1. The molecule has 54 heavy (non-hydrogen) atoms. The molecule has 2 aromatic carbocycles. The largest absolute Gasteiger partial charge is 0.405 e. The predicted octanol–water partition coefficient (Wildman–Crippen LogP) is 8.77. The topological polar surface area (TPSA) is 73.8 Å². The molecule has 0 unspecified atom stereocenters. The zero-order chi connectivity index (χ0) is 38.7. The maximum absolute atomic E-state index is 6.86. The molecule has 0 N–H and O–H groups in total. The van der Waals surface area contributed by atoms with Crippen LogP contribution in [0, 0.1) is 0 Å². The van der Waals surface area contributed by atoms with E-state index in [0.29, 0.717) is 92.5 Å². The van der Waals surface area contributed by atoms with E-state index < -0.39 is 8.32 Å². The molecular weight excluding hydrogens is 697 g/mol. The normalized spacial score (nSPS) is 12.1. The van der Waals surface area contributed by atoms with Crippen LogP contribution >= 0.6 is 0 Å². The Morgan fingerprint density at radius 3 is 0.944 bits per heavy atom. The summed E-state index contributed by atoms with van der Waals surface area (Å²) in [6.07, 6.45) is 17.8. The van der Waals surface area contributed by atoms with Crippen LogP contribution in [0.3, 0.4) is 0 Å². The van der Waals surface area contributed by atoms with Crippen LogP contribution in [0.5, 0.6) is 0 Å². The number of rotatable bonds is 38. The lowest BCUT2D eigenvalue weighted by molar-refractivity contribution is -0.0213. The van der Waals surface area contributed by atoms with Gasteiger partial charge in [0, 0.05) is 6.61 Å². The fourth-order valence-electron chi connectivity index (χ4n) is 6.66. The molecule has 0 spiro atoms. The third-order valence-electron chi connectivity index (χ3n) is 9.59. The SMILES string of the molecule is CCCCCCCCCCCCCCCOCCOCCOCCOCCOCCOCCOCCO[Si](c1ccccc1)(c1ccccc1)C(C)(C)C. The van der Waals surface area contributed by atoms with E-state index in [-0.39, 0.29) is 5.04 Å². The van der Waals surface area contributed by atoms with Gasteiger partial charge in [-0.1, -0.05) is 165 Å². The highest BCUT2D eigenvalue weighted by molar-refractivity contribution is 6.99. The molecule has 0 fully saturated rings. The van der Waals surface area contributed by atoms with E-state index in [2.05, 4.69) is 88.4 Å². The summed E-state index contributed by atoms with van der Waals surface area (Å²) in [6.45, 7) is 17.7. The van der Waals surface area contributed by atoms with Crippen LogP contribution in [0.2, 0.25) is 5.04 Å². The molecule has 0 aromatic heterocycles. The van der Waals surface area contributed by atoms with Gasteiger partial charge >= 0.3 is 0 Å². The zero-order valence-corrected chi connectivity index (χ0v) is 35.8. The molecule has 2 rings (SSSR count). The standard InChI is InChI=1S/C45H78O8Si/c1-5-6-7-8-9-10-11-12-13-14-15-16-23-28-46-29-30-47-31-32-48-33-34-49-35-36-50-37-38-51-39-40-52-41-42-53-54(45(2,3)4,43-24-19-17-20-25-43)44-26-21-18-22-27-44/h17-22,24-27H,5-16,23,28-42H2,1-4H3. The van der Waals surface area contributed by atoms with Gasteiger partial charge < -0.3 is 37.6 Å². The molecule has 9 heteroatoms. The van der Waals surface area contributed by atoms with Gasteiger partial charge in [0.25, 0.3) is 8.32 Å². The Balaban J connectivity index is 1.30. The highest BCUT2D eigenvalue weighted by atomic mass is 28.4. The Bertz CT molecular complexity index is 1030. The van der Waals surface area contributed by atoms with E-state index in [9.17, 15) is 0 Å². The van der Waals surface area contributed by atoms with E-state index in [4.69, 9.17) is 37.6 Å². The first-order valence-electron chi connectivity index (χ1n) is 21.3. The lowest BCUT2D eigenvalue weighted by Gasteiger charge is -2.43. The van der Waals surface area contributed by atoms with Crippen LogP contribution in [-0.4, -0.2) is 107 Å². The molecule has 0 aliphatic heterocycles. The third kappa shape index (κ3) is 22.8. The zero-order valence-electron chi connectivity index (χ0n) is 34.8. The average Bonchev–Trinajstić information content (AvgIpc) is 3.18. The minimum atomic E-state index is -2.53. The molecule has 0 aliphatic rings. The molecule has 0 saturated carbocycles. The molecular formula is C45H78O8Si. The molecule has 0 atom stereocenters. The smallest absolute Gasteiger partial charge is 0.261 e. The van der Waals surface area contributed by atoms with E-state index in [1.54, 1.807) is 0 Å². The van der Waals surface area contributed by atoms with Gasteiger partial charge in [-0.2, -0.15) is 0 Å². The quantitative estimate of drug-likeness (QED) is 0.0496. The van der Waals surface area contributed by atoms with Crippen LogP contribution in [0.15, 0.2) is 60.7 Å². The summed E-state index contributed by atoms with van der Waals surface area (Å²) in [5.41, 5.74) is 0. The van der Waals surface area contributed by atoms with E-state index >= 15 is 0 Å². The average molecular weight is 775 g/mol. The van der Waals surface area contributed by atoms with Crippen molar-refractivity contribution in [2.75, 3.05) is 99.1 Å². The van der Waals surface area contributed by atoms with E-state index in [1.807, 2.05) is 0 Å². The lowest BCUT2D eigenvalue weighted by atomic mass is 10.0. The van der Waals surface area contributed by atoms with Crippen molar-refractivity contribution in [3.8, 4) is 0 Å². The van der Waals surface area contributed by atoms with Gasteiger partial charge in [0.2, 0.25) is 0 Å². The highest BCUT2D eigenvalue weighted by Gasteiger charge is 2.50. The maximum atomic E-state index is 6.86. The van der Waals surface area contributed by atoms with Gasteiger partial charge in [-0.25, -0.2) is 0 Å². The van der Waals surface area contributed by atoms with Crippen LogP contribution in [0.25, 0.3) is 0 Å². The fourth-order valence-corrected chi connectivity index (χ4v) is 11.2. The van der Waals surface area contributed by atoms with Gasteiger partial charge in [-0.15, -0.1) is 0 Å². The van der Waals surface area contributed by atoms with Crippen molar-refractivity contribution in [1.29, 1.82) is 0 Å². The highest BCUT2D eigenvalue weighted by Crippen LogP contribution is 2.36. The monoisotopic (exact) mass is 775 g/mol. The number of hydrogen-bond acceptors (Lipinski definition) is 8. The van der Waals surface area contributed by atoms with Gasteiger partial charge in [0.1, 0.15) is 0 Å². The molecule has 0 radical (unpaired) electrons. The molecule has 0 aliphatic carbocycles. The fraction of sp³-hybridized carbons (Fsp3) is 0.733. The lowest BCUT2D eigenvalue weighted by Crippen LogP contribution is -2.66. The number of benzene rings is 2. The Morgan fingerprint density at radius 1 is 0.352 bits per heavy atom. The second-order valence-corrected chi connectivity index (χ2v) is 19.3. The molecule has 310 valence electrons. The van der Waals surface area contributed by atoms with E-state index in [0.717, 1.165) is 13.0 Å². The van der Waals surface area contributed by atoms with Crippen molar-refractivity contribution >= 4 is 18.7 Å². The van der Waals surface area contributed by atoms with Gasteiger partial charge in [0.05, 0.1) is 92.5 Å². The minimum Gasteiger partial charge on any atom is -0.405 e. The summed E-state index contributed by atoms with van der Waals surface area (Å²) in [4.78, 5) is 0. The predicted molar refractivity (Wildman–Crippen MR) is 225 cm³/mol. The van der Waals surface area contributed by atoms with E-state index in [1.165, 1.54) is 87.4 Å². The molecule has 0 bridgehead atoms. The Labute approximate surface area is 331 Å². The van der Waals surface area contributed by atoms with Crippen molar-refractivity contribution in [1.82, 2.24) is 0 Å². The van der Waals surface area contributed by atoms with Crippen molar-refractivity contribution < 1.29 is 37.6 Å². The van der Waals surface area contributed by atoms with Crippen molar-refractivity contribution in [2.24, 2.45) is 0 Å². The number of ether oxygens (including phenoxy) is 7. The summed E-state index contributed by atoms with van der Waals surface area (Å²) in [6, 6.07) is 21.4. The van der Waals surface area contributed by atoms with Gasteiger partial charge in [-0.3, -0.25) is 0 Å². The third-order valence-corrected chi connectivity index (χ3v) is 14.6. The molecule has 0 amide bonds. The van der Waals surface area contributed by atoms with Crippen molar-refractivity contribution in [3.05, 3.63) is 60.7 Å². The summed E-state index contributed by atoms with van der Waals surface area (Å²) in [5, 5.41) is 2.50. The molecule has 2 aromatic rings. The first-order chi connectivity index (χ1) is 26.5. The Hall–Kier alpha value is -1.66. The van der Waals surface area contributed by atoms with Crippen molar-refractivity contribution in [3.63, 3.8) is 0 Å². The van der Waals surface area contributed by atoms with Crippen molar-refractivity contribution in [2.45, 2.75) is 116 Å². The minimum absolute atomic E-state index is 0.0475. The van der Waals surface area contributed by atoms with Crippen LogP contribution in [0.1, 0.15) is 111 Å². The molecule has 0 heterocycles. The number of hydrogen-bond donors (Lipinski definition) is 0. The van der Waals surface area contributed by atoms with Gasteiger partial charge in [0.15, 0.2) is 0 Å². The molecule has 0 saturated heterocycles. The summed E-state index contributed by atoms with van der Waals surface area (Å²) >= 11 is 0. The van der Waals surface area contributed by atoms with Crippen LogP contribution in [-0.2, 0) is 37.6 Å². The van der Waals surface area contributed by atoms with Gasteiger partial charge in [-0.05, 0) is 21.8 Å². The summed E-state index contributed by atoms with van der Waals surface area (Å²) < 4.78 is 46.5. The second-order valence-electron chi connectivity index (χ2n) is 15.0. The summed E-state index contributed by atoms with van der Waals surface area (Å²) in [7, 11) is -2.53. The Morgan fingerprint density at radius 2 is 0.630 bits per heavy atom. The number of unbranched alkanes of at least 4 members (excludes halogenated alkanes) is 12. The first kappa shape index (κ1) is 48.5. The van der Waals surface area contributed by atoms with Crippen LogP contribution < -0.4 is 10.4 Å².